The minimum absolute atomic E-state index is 0.144. The van der Waals surface area contributed by atoms with Gasteiger partial charge in [-0.1, -0.05) is 0 Å². The molecule has 1 aromatic heterocycles. The fourth-order valence-electron chi connectivity index (χ4n) is 4.39. The highest BCUT2D eigenvalue weighted by atomic mass is 16.5. The smallest absolute Gasteiger partial charge is 0.257 e. The first-order chi connectivity index (χ1) is 9.56. The van der Waals surface area contributed by atoms with Gasteiger partial charge < -0.3 is 14.1 Å². The van der Waals surface area contributed by atoms with Crippen molar-refractivity contribution in [2.75, 3.05) is 13.1 Å². The zero-order valence-corrected chi connectivity index (χ0v) is 12.3. The molecule has 108 valence electrons. The Labute approximate surface area is 119 Å². The van der Waals surface area contributed by atoms with E-state index in [1.54, 1.807) is 0 Å². The highest BCUT2D eigenvalue weighted by molar-refractivity contribution is 5.97. The summed E-state index contributed by atoms with van der Waals surface area (Å²) in [6.45, 7) is 7.49. The Balaban J connectivity index is 1.59. The monoisotopic (exact) mass is 275 g/mol. The minimum atomic E-state index is 0.144. The predicted molar refractivity (Wildman–Crippen MR) is 73.7 cm³/mol. The Morgan fingerprint density at radius 1 is 1.05 bits per heavy atom. The fraction of sp³-hybridized carbons (Fsp3) is 0.688. The van der Waals surface area contributed by atoms with Crippen molar-refractivity contribution in [3.8, 4) is 0 Å². The molecule has 0 radical (unpaired) electrons. The zero-order chi connectivity index (χ0) is 14.0. The van der Waals surface area contributed by atoms with Crippen molar-refractivity contribution in [1.29, 1.82) is 0 Å². The lowest BCUT2D eigenvalue weighted by atomic mass is 9.82. The highest BCUT2D eigenvalue weighted by Gasteiger charge is 2.54. The Morgan fingerprint density at radius 3 is 2.15 bits per heavy atom. The van der Waals surface area contributed by atoms with E-state index in [0.29, 0.717) is 24.0 Å². The molecule has 1 amide bonds. The number of hydrogen-bond donors (Lipinski definition) is 0. The summed E-state index contributed by atoms with van der Waals surface area (Å²) in [6, 6.07) is 0. The van der Waals surface area contributed by atoms with Gasteiger partial charge in [0.15, 0.2) is 0 Å². The van der Waals surface area contributed by atoms with Gasteiger partial charge in [-0.15, -0.1) is 0 Å². The molecule has 4 heterocycles. The van der Waals surface area contributed by atoms with Crippen LogP contribution in [-0.4, -0.2) is 36.1 Å². The van der Waals surface area contributed by atoms with Crippen molar-refractivity contribution in [2.24, 2.45) is 11.8 Å². The molecule has 1 aromatic rings. The lowest BCUT2D eigenvalue weighted by Crippen LogP contribution is -2.32. The number of rotatable bonds is 1. The van der Waals surface area contributed by atoms with Crippen molar-refractivity contribution in [3.63, 3.8) is 0 Å². The molecule has 0 N–H and O–H groups in total. The van der Waals surface area contributed by atoms with Crippen LogP contribution in [0.5, 0.6) is 0 Å². The molecule has 20 heavy (non-hydrogen) atoms. The summed E-state index contributed by atoms with van der Waals surface area (Å²) >= 11 is 0. The van der Waals surface area contributed by atoms with Crippen molar-refractivity contribution >= 4 is 5.91 Å². The van der Waals surface area contributed by atoms with E-state index < -0.39 is 0 Å². The number of nitrogens with zero attached hydrogens (tertiary/aromatic N) is 1. The second kappa shape index (κ2) is 4.10. The van der Waals surface area contributed by atoms with E-state index in [1.165, 1.54) is 12.8 Å². The largest absolute Gasteiger partial charge is 0.466 e. The maximum absolute atomic E-state index is 12.8. The fourth-order valence-corrected chi connectivity index (χ4v) is 4.39. The van der Waals surface area contributed by atoms with Crippen molar-refractivity contribution in [2.45, 2.75) is 45.8 Å². The third-order valence-corrected chi connectivity index (χ3v) is 5.52. The molecule has 3 aliphatic rings. The zero-order valence-electron chi connectivity index (χ0n) is 12.3. The standard InChI is InChI=1S/C16H21NO3/c1-8-9(2)19-10(3)15(8)16(18)17-6-11-12(7-17)14-5-4-13(11)20-14/h11-14H,4-7H2,1-3H3. The molecular weight excluding hydrogens is 254 g/mol. The molecule has 3 saturated heterocycles. The topological polar surface area (TPSA) is 42.7 Å². The van der Waals surface area contributed by atoms with Gasteiger partial charge in [-0.05, 0) is 33.6 Å². The molecular formula is C16H21NO3. The van der Waals surface area contributed by atoms with Gasteiger partial charge in [0.1, 0.15) is 11.5 Å². The van der Waals surface area contributed by atoms with Crippen LogP contribution in [-0.2, 0) is 4.74 Å². The summed E-state index contributed by atoms with van der Waals surface area (Å²) in [7, 11) is 0. The molecule has 3 aliphatic heterocycles. The Hall–Kier alpha value is -1.29. The van der Waals surface area contributed by atoms with Crippen LogP contribution in [0, 0.1) is 32.6 Å². The molecule has 0 saturated carbocycles. The molecule has 4 nitrogen and oxygen atoms in total. The summed E-state index contributed by atoms with van der Waals surface area (Å²) < 4.78 is 11.6. The van der Waals surface area contributed by atoms with Crippen LogP contribution in [0.1, 0.15) is 40.3 Å². The van der Waals surface area contributed by atoms with Gasteiger partial charge in [-0.3, -0.25) is 4.79 Å². The Morgan fingerprint density at radius 2 is 1.65 bits per heavy atom. The molecule has 4 atom stereocenters. The van der Waals surface area contributed by atoms with Gasteiger partial charge in [0.05, 0.1) is 17.8 Å². The summed E-state index contributed by atoms with van der Waals surface area (Å²) in [4.78, 5) is 14.8. The van der Waals surface area contributed by atoms with Crippen LogP contribution >= 0.6 is 0 Å². The van der Waals surface area contributed by atoms with Crippen LogP contribution in [0.4, 0.5) is 0 Å². The maximum atomic E-state index is 12.8. The number of furan rings is 1. The number of ether oxygens (including phenoxy) is 1. The number of fused-ring (bicyclic) bond motifs is 5. The molecule has 2 bridgehead atoms. The van der Waals surface area contributed by atoms with Gasteiger partial charge in [0, 0.05) is 30.5 Å². The molecule has 3 fully saturated rings. The van der Waals surface area contributed by atoms with Crippen molar-refractivity contribution < 1.29 is 13.9 Å². The van der Waals surface area contributed by atoms with Gasteiger partial charge in [0.2, 0.25) is 0 Å². The van der Waals surface area contributed by atoms with Gasteiger partial charge in [-0.2, -0.15) is 0 Å². The molecule has 4 rings (SSSR count). The van der Waals surface area contributed by atoms with E-state index in [-0.39, 0.29) is 5.91 Å². The number of carbonyl (C=O) groups excluding carboxylic acids is 1. The second-order valence-corrected chi connectivity index (χ2v) is 6.54. The highest BCUT2D eigenvalue weighted by Crippen LogP contribution is 2.47. The van der Waals surface area contributed by atoms with Crippen molar-refractivity contribution in [3.05, 3.63) is 22.6 Å². The van der Waals surface area contributed by atoms with E-state index in [2.05, 4.69) is 0 Å². The molecule has 0 spiro atoms. The third-order valence-electron chi connectivity index (χ3n) is 5.52. The first-order valence-corrected chi connectivity index (χ1v) is 7.57. The lowest BCUT2D eigenvalue weighted by molar-refractivity contribution is 0.0593. The van der Waals surface area contributed by atoms with Crippen LogP contribution in [0.3, 0.4) is 0 Å². The predicted octanol–water partition coefficient (Wildman–Crippen LogP) is 2.45. The summed E-state index contributed by atoms with van der Waals surface area (Å²) in [5.74, 6) is 2.87. The van der Waals surface area contributed by atoms with Gasteiger partial charge in [0.25, 0.3) is 5.91 Å². The number of likely N-dealkylation sites (tertiary alicyclic amines) is 1. The van der Waals surface area contributed by atoms with Crippen LogP contribution in [0.25, 0.3) is 0 Å². The molecule has 4 unspecified atom stereocenters. The molecule has 4 heteroatoms. The quantitative estimate of drug-likeness (QED) is 0.790. The first-order valence-electron chi connectivity index (χ1n) is 7.57. The average molecular weight is 275 g/mol. The summed E-state index contributed by atoms with van der Waals surface area (Å²) in [5, 5.41) is 0. The average Bonchev–Trinajstić information content (AvgIpc) is 3.13. The third kappa shape index (κ3) is 1.54. The minimum Gasteiger partial charge on any atom is -0.466 e. The maximum Gasteiger partial charge on any atom is 0.257 e. The van der Waals surface area contributed by atoms with E-state index >= 15 is 0 Å². The van der Waals surface area contributed by atoms with Crippen LogP contribution < -0.4 is 0 Å². The van der Waals surface area contributed by atoms with E-state index in [0.717, 1.165) is 35.7 Å². The van der Waals surface area contributed by atoms with E-state index in [1.807, 2.05) is 25.7 Å². The lowest BCUT2D eigenvalue weighted by Gasteiger charge is -2.19. The summed E-state index contributed by atoms with van der Waals surface area (Å²) in [5.41, 5.74) is 1.76. The SMILES string of the molecule is Cc1oc(C)c(C(=O)N2CC3C4CCC(O4)C3C2)c1C. The van der Waals surface area contributed by atoms with Crippen LogP contribution in [0.15, 0.2) is 4.42 Å². The number of hydrogen-bond acceptors (Lipinski definition) is 3. The normalized spacial score (nSPS) is 34.9. The van der Waals surface area contributed by atoms with Crippen molar-refractivity contribution in [1.82, 2.24) is 4.90 Å². The summed E-state index contributed by atoms with van der Waals surface area (Å²) in [6.07, 6.45) is 3.15. The van der Waals surface area contributed by atoms with Crippen LogP contribution in [0.2, 0.25) is 0 Å². The molecule has 0 aromatic carbocycles. The van der Waals surface area contributed by atoms with E-state index in [9.17, 15) is 4.79 Å². The number of aryl methyl sites for hydroxylation is 2. The number of carbonyl (C=O) groups is 1. The Kier molecular flexibility index (Phi) is 2.56. The first kappa shape index (κ1) is 12.5. The Bertz CT molecular complexity index is 559. The van der Waals surface area contributed by atoms with E-state index in [4.69, 9.17) is 9.15 Å². The van der Waals surface area contributed by atoms with Gasteiger partial charge in [-0.25, -0.2) is 0 Å². The second-order valence-electron chi connectivity index (χ2n) is 6.54. The van der Waals surface area contributed by atoms with Gasteiger partial charge >= 0.3 is 0 Å². The number of amides is 1. The molecule has 0 aliphatic carbocycles.